The number of aromatic nitrogens is 2. The zero-order chi connectivity index (χ0) is 8.27. The van der Waals surface area contributed by atoms with E-state index in [2.05, 4.69) is 9.97 Å². The van der Waals surface area contributed by atoms with Crippen LogP contribution in [0.1, 0.15) is 11.5 Å². The molecule has 1 rings (SSSR count). The van der Waals surface area contributed by atoms with Gasteiger partial charge in [-0.05, 0) is 6.92 Å². The van der Waals surface area contributed by atoms with Crippen LogP contribution in [-0.4, -0.2) is 22.2 Å². The van der Waals surface area contributed by atoms with Crippen molar-refractivity contribution in [1.29, 1.82) is 0 Å². The minimum atomic E-state index is -0.0836. The van der Waals surface area contributed by atoms with Gasteiger partial charge in [-0.15, -0.1) is 0 Å². The van der Waals surface area contributed by atoms with Gasteiger partial charge in [-0.25, -0.2) is 4.98 Å². The molecule has 4 heteroatoms. The van der Waals surface area contributed by atoms with Crippen molar-refractivity contribution in [3.05, 3.63) is 17.6 Å². The number of rotatable bonds is 2. The summed E-state index contributed by atoms with van der Waals surface area (Å²) in [6, 6.07) is 1.60. The van der Waals surface area contributed by atoms with Gasteiger partial charge in [0.15, 0.2) is 0 Å². The number of hydrogen-bond donors (Lipinski definition) is 1. The quantitative estimate of drug-likeness (QED) is 0.665. The van der Waals surface area contributed by atoms with Crippen molar-refractivity contribution in [3.8, 4) is 5.88 Å². The third kappa shape index (κ3) is 1.88. The Morgan fingerprint density at radius 3 is 2.82 bits per heavy atom. The lowest BCUT2D eigenvalue weighted by molar-refractivity contribution is 0.274. The lowest BCUT2D eigenvalue weighted by atomic mass is 10.4. The van der Waals surface area contributed by atoms with Crippen molar-refractivity contribution in [2.24, 2.45) is 0 Å². The molecule has 0 aliphatic carbocycles. The Kier molecular flexibility index (Phi) is 2.38. The number of ether oxygens (including phenoxy) is 1. The van der Waals surface area contributed by atoms with Gasteiger partial charge in [0.25, 0.3) is 0 Å². The molecule has 1 N–H and O–H groups in total. The van der Waals surface area contributed by atoms with Crippen LogP contribution < -0.4 is 4.74 Å². The third-order valence-corrected chi connectivity index (χ3v) is 1.24. The van der Waals surface area contributed by atoms with Crippen molar-refractivity contribution >= 4 is 0 Å². The van der Waals surface area contributed by atoms with E-state index in [1.807, 2.05) is 0 Å². The summed E-state index contributed by atoms with van der Waals surface area (Å²) in [4.78, 5) is 7.92. The molecule has 60 valence electrons. The second-order valence-electron chi connectivity index (χ2n) is 2.11. The van der Waals surface area contributed by atoms with Gasteiger partial charge >= 0.3 is 0 Å². The molecule has 4 nitrogen and oxygen atoms in total. The predicted octanol–water partition coefficient (Wildman–Crippen LogP) is 0.286. The smallest absolute Gasteiger partial charge is 0.216 e. The molecule has 0 amide bonds. The van der Waals surface area contributed by atoms with Gasteiger partial charge in [0.2, 0.25) is 5.88 Å². The fourth-order valence-electron chi connectivity index (χ4n) is 0.785. The summed E-state index contributed by atoms with van der Waals surface area (Å²) in [5.74, 6) is 1.09. The highest BCUT2D eigenvalue weighted by Gasteiger charge is 1.99. The number of methoxy groups -OCH3 is 1. The predicted molar refractivity (Wildman–Crippen MR) is 39.2 cm³/mol. The Morgan fingerprint density at radius 1 is 1.55 bits per heavy atom. The maximum Gasteiger partial charge on any atom is 0.216 e. The monoisotopic (exact) mass is 154 g/mol. The third-order valence-electron chi connectivity index (χ3n) is 1.24. The molecule has 0 spiro atoms. The van der Waals surface area contributed by atoms with E-state index in [-0.39, 0.29) is 6.61 Å². The second-order valence-corrected chi connectivity index (χ2v) is 2.11. The van der Waals surface area contributed by atoms with E-state index in [9.17, 15) is 0 Å². The van der Waals surface area contributed by atoms with Gasteiger partial charge in [0.05, 0.1) is 19.4 Å². The summed E-state index contributed by atoms with van der Waals surface area (Å²) >= 11 is 0. The number of nitrogens with zero attached hydrogens (tertiary/aromatic N) is 2. The van der Waals surface area contributed by atoms with Crippen LogP contribution >= 0.6 is 0 Å². The second kappa shape index (κ2) is 3.30. The standard InChI is InChI=1S/C7H10N2O2/c1-5-8-6(4-10)3-7(9-5)11-2/h3,10H,4H2,1-2H3. The van der Waals surface area contributed by atoms with Gasteiger partial charge in [-0.3, -0.25) is 0 Å². The maximum absolute atomic E-state index is 8.74. The van der Waals surface area contributed by atoms with Crippen LogP contribution in [0.2, 0.25) is 0 Å². The van der Waals surface area contributed by atoms with Gasteiger partial charge in [-0.1, -0.05) is 0 Å². The normalized spacial score (nSPS) is 9.73. The highest BCUT2D eigenvalue weighted by atomic mass is 16.5. The van der Waals surface area contributed by atoms with Gasteiger partial charge in [-0.2, -0.15) is 4.98 Å². The van der Waals surface area contributed by atoms with Crippen molar-refractivity contribution in [2.45, 2.75) is 13.5 Å². The van der Waals surface area contributed by atoms with E-state index in [0.29, 0.717) is 17.4 Å². The zero-order valence-electron chi connectivity index (χ0n) is 6.53. The fraction of sp³-hybridized carbons (Fsp3) is 0.429. The van der Waals surface area contributed by atoms with Crippen LogP contribution in [-0.2, 0) is 6.61 Å². The van der Waals surface area contributed by atoms with Gasteiger partial charge in [0.1, 0.15) is 5.82 Å². The minimum Gasteiger partial charge on any atom is -0.481 e. The van der Waals surface area contributed by atoms with Crippen LogP contribution in [0.25, 0.3) is 0 Å². The SMILES string of the molecule is COc1cc(CO)nc(C)n1. The first-order valence-corrected chi connectivity index (χ1v) is 3.25. The van der Waals surface area contributed by atoms with Crippen LogP contribution in [0, 0.1) is 6.92 Å². The summed E-state index contributed by atoms with van der Waals surface area (Å²) < 4.78 is 4.88. The van der Waals surface area contributed by atoms with Gasteiger partial charge < -0.3 is 9.84 Å². The molecule has 1 aromatic rings. The Labute approximate surface area is 64.9 Å². The Balaban J connectivity index is 3.02. The molecule has 0 aromatic carbocycles. The fourth-order valence-corrected chi connectivity index (χ4v) is 0.785. The average molecular weight is 154 g/mol. The van der Waals surface area contributed by atoms with Crippen molar-refractivity contribution in [2.75, 3.05) is 7.11 Å². The summed E-state index contributed by atoms with van der Waals surface area (Å²) in [6.07, 6.45) is 0. The summed E-state index contributed by atoms with van der Waals surface area (Å²) in [7, 11) is 1.53. The molecule has 0 unspecified atom stereocenters. The first-order chi connectivity index (χ1) is 5.26. The molecule has 0 saturated heterocycles. The Hall–Kier alpha value is -1.16. The molecule has 1 aromatic heterocycles. The van der Waals surface area contributed by atoms with Crippen molar-refractivity contribution < 1.29 is 9.84 Å². The molecule has 11 heavy (non-hydrogen) atoms. The molecule has 1 heterocycles. The number of aliphatic hydroxyl groups excluding tert-OH is 1. The Morgan fingerprint density at radius 2 is 2.27 bits per heavy atom. The van der Waals surface area contributed by atoms with E-state index < -0.39 is 0 Å². The number of aliphatic hydroxyl groups is 1. The largest absolute Gasteiger partial charge is 0.481 e. The van der Waals surface area contributed by atoms with E-state index >= 15 is 0 Å². The minimum absolute atomic E-state index is 0.0836. The molecular formula is C7H10N2O2. The molecule has 0 atom stereocenters. The van der Waals surface area contributed by atoms with Crippen LogP contribution in [0.4, 0.5) is 0 Å². The summed E-state index contributed by atoms with van der Waals surface area (Å²) in [5.41, 5.74) is 0.578. The first-order valence-electron chi connectivity index (χ1n) is 3.25. The number of aryl methyl sites for hydroxylation is 1. The van der Waals surface area contributed by atoms with E-state index in [1.165, 1.54) is 7.11 Å². The van der Waals surface area contributed by atoms with E-state index in [4.69, 9.17) is 9.84 Å². The molecule has 0 aliphatic rings. The highest BCUT2D eigenvalue weighted by Crippen LogP contribution is 2.07. The molecule has 0 bridgehead atoms. The average Bonchev–Trinajstić information content (AvgIpc) is 2.03. The van der Waals surface area contributed by atoms with E-state index in [0.717, 1.165) is 0 Å². The molecular weight excluding hydrogens is 144 g/mol. The summed E-state index contributed by atoms with van der Waals surface area (Å²) in [6.45, 7) is 1.67. The van der Waals surface area contributed by atoms with Crippen molar-refractivity contribution in [3.63, 3.8) is 0 Å². The maximum atomic E-state index is 8.74. The van der Waals surface area contributed by atoms with Crippen LogP contribution in [0.5, 0.6) is 5.88 Å². The van der Waals surface area contributed by atoms with Gasteiger partial charge in [0, 0.05) is 6.07 Å². The van der Waals surface area contributed by atoms with Crippen LogP contribution in [0.15, 0.2) is 6.07 Å². The molecule has 0 aliphatic heterocycles. The Bertz CT molecular complexity index is 228. The van der Waals surface area contributed by atoms with E-state index in [1.54, 1.807) is 13.0 Å². The lowest BCUT2D eigenvalue weighted by Crippen LogP contribution is -1.97. The molecule has 0 saturated carbocycles. The first kappa shape index (κ1) is 7.94. The van der Waals surface area contributed by atoms with Crippen LogP contribution in [0.3, 0.4) is 0 Å². The summed E-state index contributed by atoms with van der Waals surface area (Å²) in [5, 5.41) is 8.74. The zero-order valence-corrected chi connectivity index (χ0v) is 6.53. The topological polar surface area (TPSA) is 55.2 Å². The highest BCUT2D eigenvalue weighted by molar-refractivity contribution is 5.15. The lowest BCUT2D eigenvalue weighted by Gasteiger charge is -2.01. The number of hydrogen-bond acceptors (Lipinski definition) is 4. The molecule has 0 fully saturated rings. The van der Waals surface area contributed by atoms with Crippen molar-refractivity contribution in [1.82, 2.24) is 9.97 Å². The molecule has 0 radical (unpaired) electrons.